The van der Waals surface area contributed by atoms with E-state index in [1.165, 1.54) is 24.3 Å². The lowest BCUT2D eigenvalue weighted by Crippen LogP contribution is -2.31. The second kappa shape index (κ2) is 10.2. The van der Waals surface area contributed by atoms with Gasteiger partial charge >= 0.3 is 5.97 Å². The van der Waals surface area contributed by atoms with E-state index in [0.29, 0.717) is 11.3 Å². The molecule has 0 bridgehead atoms. The van der Waals surface area contributed by atoms with E-state index < -0.39 is 16.0 Å². The molecule has 0 aliphatic heterocycles. The maximum absolute atomic E-state index is 13.7. The number of nitrogens with zero attached hydrogens (tertiary/aromatic N) is 2. The summed E-state index contributed by atoms with van der Waals surface area (Å²) in [6.45, 7) is -0.0232. The Balaban J connectivity index is 1.80. The van der Waals surface area contributed by atoms with Crippen molar-refractivity contribution in [2.24, 2.45) is 0 Å². The van der Waals surface area contributed by atoms with Crippen molar-refractivity contribution in [2.45, 2.75) is 11.4 Å². The lowest BCUT2D eigenvalue weighted by molar-refractivity contribution is 0.0696. The Morgan fingerprint density at radius 2 is 1.66 bits per heavy atom. The van der Waals surface area contributed by atoms with Crippen molar-refractivity contribution < 1.29 is 23.1 Å². The first-order valence-electron chi connectivity index (χ1n) is 10.5. The van der Waals surface area contributed by atoms with Crippen molar-refractivity contribution in [3.05, 3.63) is 107 Å². The number of hydrogen-bond donors (Lipinski definition) is 1. The number of halogens is 1. The third kappa shape index (κ3) is 5.13. The molecule has 0 fully saturated rings. The summed E-state index contributed by atoms with van der Waals surface area (Å²) in [5, 5.41) is 9.29. The number of carbonyl (C=O) groups is 1. The molecule has 0 saturated heterocycles. The van der Waals surface area contributed by atoms with Gasteiger partial charge in [-0.2, -0.15) is 0 Å². The summed E-state index contributed by atoms with van der Waals surface area (Å²) < 4.78 is 33.9. The fourth-order valence-electron chi connectivity index (χ4n) is 3.56. The van der Waals surface area contributed by atoms with E-state index in [1.807, 2.05) is 42.5 Å². The molecule has 4 aromatic rings. The van der Waals surface area contributed by atoms with Gasteiger partial charge in [-0.05, 0) is 42.0 Å². The number of pyridine rings is 1. The normalized spacial score (nSPS) is 11.1. The number of hydrogen-bond acceptors (Lipinski definition) is 5. The van der Waals surface area contributed by atoms with Crippen LogP contribution in [0.5, 0.6) is 5.75 Å². The van der Waals surface area contributed by atoms with Crippen molar-refractivity contribution in [2.75, 3.05) is 11.4 Å². The molecule has 7 nitrogen and oxygen atoms in total. The van der Waals surface area contributed by atoms with Crippen LogP contribution in [0.1, 0.15) is 15.9 Å². The maximum atomic E-state index is 13.7. The van der Waals surface area contributed by atoms with Gasteiger partial charge in [-0.25, -0.2) is 22.5 Å². The Morgan fingerprint density at radius 1 is 1.00 bits per heavy atom. The highest BCUT2D eigenvalue weighted by atomic mass is 35.5. The van der Waals surface area contributed by atoms with Crippen LogP contribution in [0.15, 0.2) is 96.0 Å². The number of benzene rings is 3. The van der Waals surface area contributed by atoms with E-state index in [1.54, 1.807) is 31.5 Å². The number of anilines is 1. The van der Waals surface area contributed by atoms with Crippen LogP contribution in [0.2, 0.25) is 5.02 Å². The number of ether oxygens (including phenoxy) is 1. The highest BCUT2D eigenvalue weighted by molar-refractivity contribution is 7.92. The fourth-order valence-corrected chi connectivity index (χ4v) is 5.31. The number of aromatic nitrogens is 1. The van der Waals surface area contributed by atoms with E-state index in [2.05, 4.69) is 4.98 Å². The van der Waals surface area contributed by atoms with Crippen molar-refractivity contribution in [1.82, 2.24) is 4.98 Å². The van der Waals surface area contributed by atoms with Crippen LogP contribution in [-0.2, 0) is 16.6 Å². The maximum Gasteiger partial charge on any atom is 0.335 e. The number of carboxylic acid groups (broad SMARTS) is 1. The molecule has 3 aromatic carbocycles. The molecule has 178 valence electrons. The van der Waals surface area contributed by atoms with Crippen LogP contribution in [0.25, 0.3) is 11.1 Å². The minimum absolute atomic E-state index is 0.0177. The molecule has 0 saturated carbocycles. The molecular formula is C26H21ClN2O5S. The Bertz CT molecular complexity index is 1460. The van der Waals surface area contributed by atoms with Gasteiger partial charge in [-0.1, -0.05) is 60.1 Å². The molecule has 0 radical (unpaired) electrons. The predicted molar refractivity (Wildman–Crippen MR) is 134 cm³/mol. The van der Waals surface area contributed by atoms with Gasteiger partial charge in [0.25, 0.3) is 10.0 Å². The van der Waals surface area contributed by atoms with Crippen LogP contribution in [0, 0.1) is 0 Å². The summed E-state index contributed by atoms with van der Waals surface area (Å²) in [5.74, 6) is -0.464. The zero-order valence-electron chi connectivity index (χ0n) is 18.6. The van der Waals surface area contributed by atoms with Gasteiger partial charge in [0.05, 0.1) is 29.1 Å². The first kappa shape index (κ1) is 24.3. The molecule has 0 aliphatic rings. The topological polar surface area (TPSA) is 96.8 Å². The summed E-state index contributed by atoms with van der Waals surface area (Å²) in [4.78, 5) is 15.6. The fraction of sp³-hybridized carbons (Fsp3) is 0.0769. The Labute approximate surface area is 208 Å². The lowest BCUT2D eigenvalue weighted by atomic mass is 10.1. The summed E-state index contributed by atoms with van der Waals surface area (Å²) >= 11 is 6.61. The summed E-state index contributed by atoms with van der Waals surface area (Å²) in [6.07, 6.45) is 1.54. The van der Waals surface area contributed by atoms with Crippen LogP contribution in [-0.4, -0.2) is 31.6 Å². The monoisotopic (exact) mass is 508 g/mol. The summed E-state index contributed by atoms with van der Waals surface area (Å²) in [7, 11) is -2.58. The van der Waals surface area contributed by atoms with Gasteiger partial charge in [0, 0.05) is 17.3 Å². The number of para-hydroxylation sites is 1. The molecule has 1 heterocycles. The first-order chi connectivity index (χ1) is 16.8. The van der Waals surface area contributed by atoms with E-state index >= 15 is 0 Å². The predicted octanol–water partition coefficient (Wildman–Crippen LogP) is 5.50. The Hall–Kier alpha value is -3.88. The molecule has 1 N–H and O–H groups in total. The number of methoxy groups -OCH3 is 1. The molecule has 0 amide bonds. The van der Waals surface area contributed by atoms with Crippen molar-refractivity contribution >= 4 is 33.4 Å². The van der Waals surface area contributed by atoms with Gasteiger partial charge in [0.2, 0.25) is 0 Å². The average molecular weight is 509 g/mol. The minimum Gasteiger partial charge on any atom is -0.496 e. The van der Waals surface area contributed by atoms with E-state index in [9.17, 15) is 13.2 Å². The van der Waals surface area contributed by atoms with Gasteiger partial charge in [-0.15, -0.1) is 0 Å². The molecule has 4 rings (SSSR count). The van der Waals surface area contributed by atoms with Gasteiger partial charge in [0.1, 0.15) is 5.75 Å². The highest BCUT2D eigenvalue weighted by Gasteiger charge is 2.28. The molecule has 0 atom stereocenters. The second-order valence-corrected chi connectivity index (χ2v) is 9.83. The largest absolute Gasteiger partial charge is 0.496 e. The third-order valence-corrected chi connectivity index (χ3v) is 7.36. The lowest BCUT2D eigenvalue weighted by Gasteiger charge is -2.25. The number of sulfonamides is 1. The quantitative estimate of drug-likeness (QED) is 0.337. The van der Waals surface area contributed by atoms with Gasteiger partial charge in [0.15, 0.2) is 5.82 Å². The van der Waals surface area contributed by atoms with Crippen LogP contribution in [0.3, 0.4) is 0 Å². The summed E-state index contributed by atoms with van der Waals surface area (Å²) in [6, 6.07) is 23.1. The van der Waals surface area contributed by atoms with Crippen LogP contribution in [0.4, 0.5) is 5.82 Å². The SMILES string of the molecule is COc1ccccc1-c1cnc(N(Cc2ccccc2)S(=O)(=O)c2ccc(C(=O)O)cc2)c(Cl)c1. The van der Waals surface area contributed by atoms with Crippen molar-refractivity contribution in [1.29, 1.82) is 0 Å². The second-order valence-electron chi connectivity index (χ2n) is 7.56. The zero-order valence-corrected chi connectivity index (χ0v) is 20.2. The van der Waals surface area contributed by atoms with Crippen LogP contribution < -0.4 is 9.04 Å². The number of aromatic carboxylic acids is 1. The average Bonchev–Trinajstić information content (AvgIpc) is 2.88. The van der Waals surface area contributed by atoms with Gasteiger partial charge < -0.3 is 9.84 Å². The zero-order chi connectivity index (χ0) is 25.0. The molecule has 0 unspecified atom stereocenters. The van der Waals surface area contributed by atoms with Crippen LogP contribution >= 0.6 is 11.6 Å². The van der Waals surface area contributed by atoms with Gasteiger partial charge in [-0.3, -0.25) is 0 Å². The molecule has 1 aromatic heterocycles. The minimum atomic E-state index is -4.14. The molecule has 0 aliphatic carbocycles. The Kier molecular flexibility index (Phi) is 7.04. The van der Waals surface area contributed by atoms with E-state index in [4.69, 9.17) is 21.4 Å². The smallest absolute Gasteiger partial charge is 0.335 e. The van der Waals surface area contributed by atoms with Crippen molar-refractivity contribution in [3.8, 4) is 16.9 Å². The Morgan fingerprint density at radius 3 is 2.29 bits per heavy atom. The molecule has 0 spiro atoms. The number of carboxylic acids is 1. The summed E-state index contributed by atoms with van der Waals surface area (Å²) in [5.41, 5.74) is 2.14. The van der Waals surface area contributed by atoms with E-state index in [0.717, 1.165) is 15.4 Å². The first-order valence-corrected chi connectivity index (χ1v) is 12.3. The van der Waals surface area contributed by atoms with E-state index in [-0.39, 0.29) is 27.8 Å². The molecular weight excluding hydrogens is 488 g/mol. The standard InChI is InChI=1S/C26H21ClN2O5S/c1-34-24-10-6-5-9-22(24)20-15-23(27)25(28-16-20)29(17-18-7-3-2-4-8-18)35(32,33)21-13-11-19(12-14-21)26(30)31/h2-16H,17H2,1H3,(H,30,31). The molecule has 35 heavy (non-hydrogen) atoms. The van der Waals surface area contributed by atoms with Crippen molar-refractivity contribution in [3.63, 3.8) is 0 Å². The number of rotatable bonds is 8. The third-order valence-electron chi connectivity index (χ3n) is 5.33. The molecule has 9 heteroatoms. The highest BCUT2D eigenvalue weighted by Crippen LogP contribution is 2.36.